The minimum Gasteiger partial charge on any atom is -0.491 e. The summed E-state index contributed by atoms with van der Waals surface area (Å²) in [5.41, 5.74) is 3.96. The van der Waals surface area contributed by atoms with E-state index in [4.69, 9.17) is 38.3 Å². The quantitative estimate of drug-likeness (QED) is 0.407. The Kier molecular flexibility index (Phi) is 8.20. The van der Waals surface area contributed by atoms with Gasteiger partial charge in [0, 0.05) is 36.3 Å². The molecule has 1 saturated heterocycles. The molecule has 4 rings (SSSR count). The number of halogens is 2. The standard InChI is InChI=1S/C28H29Cl2N3O2/c1-19-17-33(27-12-11-25(15-26(27)30)35-14-13-34)28(23-7-9-24(29)10-8-23)18-32(19)20(2)22-5-3-21(16-31)4-6-22/h3-12,15,19-20,28,34H,13-14,17-18H2,1-2H3/t19-,20-,28+/m1/s1. The topological polar surface area (TPSA) is 59.7 Å². The fourth-order valence-electron chi connectivity index (χ4n) is 4.77. The number of aliphatic hydroxyl groups is 1. The van der Waals surface area contributed by atoms with Gasteiger partial charge in [0.25, 0.3) is 0 Å². The SMILES string of the molecule is C[C@@H]1CN(c2ccc(OCCO)cc2Cl)[C@H](c2ccc(Cl)cc2)CN1[C@H](C)c1ccc(C#N)cc1. The van der Waals surface area contributed by atoms with Gasteiger partial charge in [0.2, 0.25) is 0 Å². The maximum atomic E-state index is 9.15. The third kappa shape index (κ3) is 5.74. The summed E-state index contributed by atoms with van der Waals surface area (Å²) in [6.45, 7) is 6.21. The summed E-state index contributed by atoms with van der Waals surface area (Å²) >= 11 is 12.9. The lowest BCUT2D eigenvalue weighted by Gasteiger charge is -2.49. The van der Waals surface area contributed by atoms with E-state index < -0.39 is 0 Å². The molecule has 1 aliphatic heterocycles. The maximum Gasteiger partial charge on any atom is 0.121 e. The Morgan fingerprint density at radius 2 is 1.77 bits per heavy atom. The van der Waals surface area contributed by atoms with E-state index in [9.17, 15) is 0 Å². The second kappa shape index (κ2) is 11.3. The molecular weight excluding hydrogens is 481 g/mol. The van der Waals surface area contributed by atoms with Gasteiger partial charge < -0.3 is 14.7 Å². The molecule has 0 aliphatic carbocycles. The van der Waals surface area contributed by atoms with Crippen LogP contribution in [0.5, 0.6) is 5.75 Å². The number of benzene rings is 3. The van der Waals surface area contributed by atoms with E-state index in [1.807, 2.05) is 54.6 Å². The molecule has 0 saturated carbocycles. The number of nitrogens with zero attached hydrogens (tertiary/aromatic N) is 3. The molecule has 0 unspecified atom stereocenters. The lowest BCUT2D eigenvalue weighted by atomic mass is 9.95. The Balaban J connectivity index is 1.66. The minimum atomic E-state index is -0.0467. The summed E-state index contributed by atoms with van der Waals surface area (Å²) in [7, 11) is 0. The Morgan fingerprint density at radius 1 is 1.06 bits per heavy atom. The van der Waals surface area contributed by atoms with Crippen molar-refractivity contribution in [2.45, 2.75) is 32.0 Å². The summed E-state index contributed by atoms with van der Waals surface area (Å²) in [6.07, 6.45) is 0. The van der Waals surface area contributed by atoms with Crippen LogP contribution in [0.3, 0.4) is 0 Å². The Labute approximate surface area is 217 Å². The van der Waals surface area contributed by atoms with Crippen molar-refractivity contribution >= 4 is 28.9 Å². The monoisotopic (exact) mass is 509 g/mol. The molecule has 0 spiro atoms. The van der Waals surface area contributed by atoms with Crippen LogP contribution < -0.4 is 9.64 Å². The molecule has 0 radical (unpaired) electrons. The number of piperazine rings is 1. The van der Waals surface area contributed by atoms with Crippen LogP contribution in [0, 0.1) is 11.3 Å². The predicted molar refractivity (Wildman–Crippen MR) is 141 cm³/mol. The van der Waals surface area contributed by atoms with Crippen LogP contribution in [0.4, 0.5) is 5.69 Å². The average Bonchev–Trinajstić information content (AvgIpc) is 2.87. The van der Waals surface area contributed by atoms with Gasteiger partial charge in [-0.25, -0.2) is 0 Å². The first-order valence-corrected chi connectivity index (χ1v) is 12.5. The Morgan fingerprint density at radius 3 is 2.40 bits per heavy atom. The van der Waals surface area contributed by atoms with Crippen LogP contribution in [-0.4, -0.2) is 42.4 Å². The summed E-state index contributed by atoms with van der Waals surface area (Å²) in [4.78, 5) is 4.86. The van der Waals surface area contributed by atoms with Crippen molar-refractivity contribution in [2.24, 2.45) is 0 Å². The second-order valence-corrected chi connectivity index (χ2v) is 9.70. The Bertz CT molecular complexity index is 1180. The largest absolute Gasteiger partial charge is 0.491 e. The van der Waals surface area contributed by atoms with Crippen LogP contribution in [0.1, 0.15) is 42.6 Å². The number of nitriles is 1. The molecule has 3 atom stereocenters. The number of hydrogen-bond acceptors (Lipinski definition) is 5. The highest BCUT2D eigenvalue weighted by atomic mass is 35.5. The van der Waals surface area contributed by atoms with E-state index in [0.29, 0.717) is 21.4 Å². The number of hydrogen-bond donors (Lipinski definition) is 1. The van der Waals surface area contributed by atoms with Gasteiger partial charge in [0.15, 0.2) is 0 Å². The molecule has 0 aromatic heterocycles. The lowest BCUT2D eigenvalue weighted by Crippen LogP contribution is -2.54. The zero-order valence-corrected chi connectivity index (χ0v) is 21.4. The first-order valence-electron chi connectivity index (χ1n) is 11.7. The number of rotatable bonds is 7. The zero-order valence-electron chi connectivity index (χ0n) is 19.9. The molecular formula is C28H29Cl2N3O2. The van der Waals surface area contributed by atoms with Crippen molar-refractivity contribution in [1.82, 2.24) is 4.90 Å². The first-order chi connectivity index (χ1) is 16.9. The smallest absolute Gasteiger partial charge is 0.121 e. The fraction of sp³-hybridized carbons (Fsp3) is 0.321. The van der Waals surface area contributed by atoms with Crippen molar-refractivity contribution in [1.29, 1.82) is 5.26 Å². The third-order valence-corrected chi connectivity index (χ3v) is 7.20. The van der Waals surface area contributed by atoms with Gasteiger partial charge >= 0.3 is 0 Å². The summed E-state index contributed by atoms with van der Waals surface area (Å²) in [6, 6.07) is 24.2. The molecule has 182 valence electrons. The van der Waals surface area contributed by atoms with E-state index in [1.54, 1.807) is 0 Å². The van der Waals surface area contributed by atoms with Gasteiger partial charge in [0.05, 0.1) is 35.0 Å². The van der Waals surface area contributed by atoms with Crippen molar-refractivity contribution in [3.05, 3.63) is 93.5 Å². The summed E-state index contributed by atoms with van der Waals surface area (Å²) in [5, 5.41) is 19.5. The van der Waals surface area contributed by atoms with Crippen LogP contribution in [-0.2, 0) is 0 Å². The van der Waals surface area contributed by atoms with Crippen LogP contribution in [0.15, 0.2) is 66.7 Å². The van der Waals surface area contributed by atoms with Crippen LogP contribution in [0.2, 0.25) is 10.0 Å². The molecule has 3 aromatic carbocycles. The molecule has 7 heteroatoms. The molecule has 35 heavy (non-hydrogen) atoms. The molecule has 5 nitrogen and oxygen atoms in total. The van der Waals surface area contributed by atoms with Gasteiger partial charge in [-0.15, -0.1) is 0 Å². The zero-order chi connectivity index (χ0) is 24.9. The van der Waals surface area contributed by atoms with Crippen molar-refractivity contribution in [2.75, 3.05) is 31.2 Å². The average molecular weight is 510 g/mol. The Hall–Kier alpha value is -2.75. The van der Waals surface area contributed by atoms with E-state index in [-0.39, 0.29) is 31.3 Å². The summed E-state index contributed by atoms with van der Waals surface area (Å²) in [5.74, 6) is 0.636. The molecule has 1 N–H and O–H groups in total. The lowest BCUT2D eigenvalue weighted by molar-refractivity contribution is 0.115. The molecule has 1 aliphatic rings. The molecule has 1 fully saturated rings. The fourth-order valence-corrected chi connectivity index (χ4v) is 5.18. The van der Waals surface area contributed by atoms with E-state index in [2.05, 4.69) is 41.8 Å². The van der Waals surface area contributed by atoms with E-state index in [0.717, 1.165) is 24.3 Å². The molecule has 3 aromatic rings. The summed E-state index contributed by atoms with van der Waals surface area (Å²) < 4.78 is 5.54. The van der Waals surface area contributed by atoms with Crippen molar-refractivity contribution in [3.8, 4) is 11.8 Å². The van der Waals surface area contributed by atoms with Gasteiger partial charge in [-0.1, -0.05) is 47.5 Å². The van der Waals surface area contributed by atoms with Gasteiger partial charge in [-0.3, -0.25) is 4.90 Å². The van der Waals surface area contributed by atoms with Gasteiger partial charge in [0.1, 0.15) is 12.4 Å². The van der Waals surface area contributed by atoms with Crippen LogP contribution in [0.25, 0.3) is 0 Å². The highest BCUT2D eigenvalue weighted by Gasteiger charge is 2.36. The highest BCUT2D eigenvalue weighted by Crippen LogP contribution is 2.40. The second-order valence-electron chi connectivity index (χ2n) is 8.86. The highest BCUT2D eigenvalue weighted by molar-refractivity contribution is 6.33. The minimum absolute atomic E-state index is 0.0467. The van der Waals surface area contributed by atoms with Crippen molar-refractivity contribution < 1.29 is 9.84 Å². The number of anilines is 1. The van der Waals surface area contributed by atoms with E-state index >= 15 is 0 Å². The first kappa shape index (κ1) is 25.3. The van der Waals surface area contributed by atoms with E-state index in [1.165, 1.54) is 5.56 Å². The third-order valence-electron chi connectivity index (χ3n) is 6.65. The normalized spacial score (nSPS) is 19.3. The molecule has 0 amide bonds. The molecule has 0 bridgehead atoms. The van der Waals surface area contributed by atoms with Crippen LogP contribution >= 0.6 is 23.2 Å². The van der Waals surface area contributed by atoms with Gasteiger partial charge in [-0.2, -0.15) is 5.26 Å². The number of ether oxygens (including phenoxy) is 1. The maximum absolute atomic E-state index is 9.15. The van der Waals surface area contributed by atoms with Gasteiger partial charge in [-0.05, 0) is 61.4 Å². The number of aliphatic hydroxyl groups excluding tert-OH is 1. The van der Waals surface area contributed by atoms with Crippen molar-refractivity contribution in [3.63, 3.8) is 0 Å². The molecule has 1 heterocycles. The predicted octanol–water partition coefficient (Wildman–Crippen LogP) is 6.25.